The van der Waals surface area contributed by atoms with Crippen molar-refractivity contribution >= 4 is 5.91 Å². The Kier molecular flexibility index (Phi) is 19.0. The molecule has 1 atom stereocenters. The lowest BCUT2D eigenvalue weighted by molar-refractivity contribution is -0.122. The number of hydrogen-bond donors (Lipinski definition) is 3. The fraction of sp³-hybridized carbons (Fsp3) is 0.960. The van der Waals surface area contributed by atoms with Crippen molar-refractivity contribution in [3.63, 3.8) is 0 Å². The van der Waals surface area contributed by atoms with Crippen LogP contribution < -0.4 is 10.6 Å². The molecule has 1 unspecified atom stereocenters. The van der Waals surface area contributed by atoms with Gasteiger partial charge in [0.05, 0.1) is 11.8 Å². The molecule has 0 saturated heterocycles. The molecule has 0 heterocycles. The summed E-state index contributed by atoms with van der Waals surface area (Å²) in [5.74, 6) is 0.120. The average Bonchev–Trinajstić information content (AvgIpc) is 2.67. The van der Waals surface area contributed by atoms with Gasteiger partial charge in [0, 0.05) is 13.0 Å². The molecule has 0 spiro atoms. The largest absolute Gasteiger partial charge is 0.389 e. The van der Waals surface area contributed by atoms with Crippen molar-refractivity contribution in [1.29, 1.82) is 0 Å². The van der Waals surface area contributed by atoms with E-state index in [-0.39, 0.29) is 12.1 Å². The van der Waals surface area contributed by atoms with E-state index < -0.39 is 5.60 Å². The minimum atomic E-state index is -0.758. The summed E-state index contributed by atoms with van der Waals surface area (Å²) in [5.41, 5.74) is -0.758. The van der Waals surface area contributed by atoms with E-state index in [2.05, 4.69) is 17.6 Å². The van der Waals surface area contributed by atoms with Gasteiger partial charge in [0.15, 0.2) is 0 Å². The second-order valence-electron chi connectivity index (χ2n) is 9.42. The molecule has 0 fully saturated rings. The highest BCUT2D eigenvalue weighted by molar-refractivity contribution is 5.76. The van der Waals surface area contributed by atoms with Gasteiger partial charge in [-0.1, -0.05) is 104 Å². The Balaban J connectivity index is 3.40. The summed E-state index contributed by atoms with van der Waals surface area (Å²) < 4.78 is 0. The van der Waals surface area contributed by atoms with E-state index in [1.807, 2.05) is 6.92 Å². The van der Waals surface area contributed by atoms with Crippen LogP contribution in [0.2, 0.25) is 0 Å². The second kappa shape index (κ2) is 19.4. The molecule has 0 aromatic carbocycles. The summed E-state index contributed by atoms with van der Waals surface area (Å²) in [7, 11) is 0. The van der Waals surface area contributed by atoms with Crippen LogP contribution in [0.15, 0.2) is 0 Å². The maximum absolute atomic E-state index is 12.1. The van der Waals surface area contributed by atoms with Gasteiger partial charge in [0.1, 0.15) is 0 Å². The maximum Gasteiger partial charge on any atom is 0.221 e. The van der Waals surface area contributed by atoms with Crippen molar-refractivity contribution in [3.05, 3.63) is 0 Å². The molecule has 4 nitrogen and oxygen atoms in total. The summed E-state index contributed by atoms with van der Waals surface area (Å²) in [6.07, 6.45) is 21.5. The maximum atomic E-state index is 12.1. The van der Waals surface area contributed by atoms with E-state index in [1.54, 1.807) is 13.8 Å². The van der Waals surface area contributed by atoms with Crippen LogP contribution in [0, 0.1) is 0 Å². The lowest BCUT2D eigenvalue weighted by Gasteiger charge is -2.24. The topological polar surface area (TPSA) is 61.4 Å². The molecule has 4 heteroatoms. The van der Waals surface area contributed by atoms with Crippen molar-refractivity contribution in [2.24, 2.45) is 0 Å². The summed E-state index contributed by atoms with van der Waals surface area (Å²) >= 11 is 0. The van der Waals surface area contributed by atoms with Gasteiger partial charge in [-0.25, -0.2) is 0 Å². The smallest absolute Gasteiger partial charge is 0.221 e. The molecule has 29 heavy (non-hydrogen) atoms. The Labute approximate surface area is 182 Å². The van der Waals surface area contributed by atoms with E-state index in [9.17, 15) is 9.90 Å². The minimum Gasteiger partial charge on any atom is -0.389 e. The van der Waals surface area contributed by atoms with Gasteiger partial charge in [0.2, 0.25) is 5.91 Å². The first kappa shape index (κ1) is 28.4. The van der Waals surface area contributed by atoms with Crippen molar-refractivity contribution in [3.8, 4) is 0 Å². The summed E-state index contributed by atoms with van der Waals surface area (Å²) in [4.78, 5) is 12.1. The Hall–Kier alpha value is -0.610. The molecule has 0 aromatic heterocycles. The van der Waals surface area contributed by atoms with Gasteiger partial charge in [0.25, 0.3) is 0 Å². The normalized spacial score (nSPS) is 12.9. The zero-order valence-electron chi connectivity index (χ0n) is 20.2. The van der Waals surface area contributed by atoms with E-state index in [0.29, 0.717) is 13.0 Å². The number of nitrogens with one attached hydrogen (secondary N) is 2. The van der Waals surface area contributed by atoms with Crippen LogP contribution in [0.4, 0.5) is 0 Å². The van der Waals surface area contributed by atoms with Crippen molar-refractivity contribution in [2.75, 3.05) is 6.54 Å². The molecule has 0 aromatic rings. The van der Waals surface area contributed by atoms with Crippen molar-refractivity contribution < 1.29 is 9.90 Å². The Morgan fingerprint density at radius 2 is 1.17 bits per heavy atom. The third kappa shape index (κ3) is 21.9. The number of carbonyl (C=O) groups is 1. The van der Waals surface area contributed by atoms with Gasteiger partial charge in [-0.15, -0.1) is 0 Å². The highest BCUT2D eigenvalue weighted by Gasteiger charge is 2.16. The van der Waals surface area contributed by atoms with Crippen LogP contribution >= 0.6 is 0 Å². The molecule has 0 bridgehead atoms. The van der Waals surface area contributed by atoms with Gasteiger partial charge < -0.3 is 10.4 Å². The van der Waals surface area contributed by atoms with Crippen LogP contribution in [-0.2, 0) is 4.79 Å². The number of carbonyl (C=O) groups excluding carboxylic acids is 1. The quantitative estimate of drug-likeness (QED) is 0.150. The highest BCUT2D eigenvalue weighted by Crippen LogP contribution is 2.13. The zero-order valence-corrected chi connectivity index (χ0v) is 20.2. The first-order chi connectivity index (χ1) is 13.9. The number of unbranched alkanes of at least 4 members (excludes halogenated alkanes) is 14. The van der Waals surface area contributed by atoms with Crippen LogP contribution in [0.25, 0.3) is 0 Å². The van der Waals surface area contributed by atoms with Gasteiger partial charge in [-0.3, -0.25) is 10.1 Å². The van der Waals surface area contributed by atoms with Gasteiger partial charge >= 0.3 is 0 Å². The number of aliphatic hydroxyl groups is 1. The molecule has 174 valence electrons. The Bertz CT molecular complexity index is 366. The number of amides is 1. The van der Waals surface area contributed by atoms with E-state index in [0.717, 1.165) is 19.3 Å². The van der Waals surface area contributed by atoms with Crippen molar-refractivity contribution in [2.45, 2.75) is 149 Å². The Morgan fingerprint density at radius 1 is 0.759 bits per heavy atom. The monoisotopic (exact) mass is 412 g/mol. The van der Waals surface area contributed by atoms with Crippen molar-refractivity contribution in [1.82, 2.24) is 10.6 Å². The molecular weight excluding hydrogens is 360 g/mol. The van der Waals surface area contributed by atoms with Gasteiger partial charge in [-0.2, -0.15) is 0 Å². The number of hydrogen-bond acceptors (Lipinski definition) is 3. The van der Waals surface area contributed by atoms with Crippen LogP contribution in [0.1, 0.15) is 137 Å². The molecular formula is C25H52N2O2. The molecule has 0 aliphatic heterocycles. The first-order valence-electron chi connectivity index (χ1n) is 12.6. The van der Waals surface area contributed by atoms with E-state index >= 15 is 0 Å². The summed E-state index contributed by atoms with van der Waals surface area (Å²) in [6.45, 7) is 8.33. The molecule has 0 saturated carbocycles. The van der Waals surface area contributed by atoms with Crippen LogP contribution in [-0.4, -0.2) is 29.3 Å². The molecule has 0 radical (unpaired) electrons. The Morgan fingerprint density at radius 3 is 1.55 bits per heavy atom. The molecule has 0 rings (SSSR count). The van der Waals surface area contributed by atoms with Crippen LogP contribution in [0.5, 0.6) is 0 Å². The number of rotatable bonds is 21. The fourth-order valence-corrected chi connectivity index (χ4v) is 3.59. The molecule has 3 N–H and O–H groups in total. The average molecular weight is 413 g/mol. The SMILES string of the molecule is CCCCCCCCCCCCCCCCCC(=O)NC(CC)NCC(C)(C)O. The predicted octanol–water partition coefficient (Wildman–Crippen LogP) is 6.46. The van der Waals surface area contributed by atoms with E-state index in [1.165, 1.54) is 83.5 Å². The van der Waals surface area contributed by atoms with Crippen LogP contribution in [0.3, 0.4) is 0 Å². The minimum absolute atomic E-state index is 0.0507. The molecule has 0 aliphatic rings. The third-order valence-electron chi connectivity index (χ3n) is 5.53. The molecule has 0 aliphatic carbocycles. The summed E-state index contributed by atoms with van der Waals surface area (Å²) in [5, 5.41) is 16.0. The first-order valence-corrected chi connectivity index (χ1v) is 12.6. The summed E-state index contributed by atoms with van der Waals surface area (Å²) in [6, 6.07) is 0. The fourth-order valence-electron chi connectivity index (χ4n) is 3.59. The lowest BCUT2D eigenvalue weighted by atomic mass is 10.0. The standard InChI is InChI=1S/C25H52N2O2/c1-5-7-8-9-10-11-12-13-14-15-16-17-18-19-20-21-24(28)27-23(6-2)26-22-25(3,4)29/h23,26,29H,5-22H2,1-4H3,(H,27,28). The lowest BCUT2D eigenvalue weighted by Crippen LogP contribution is -2.49. The highest BCUT2D eigenvalue weighted by atomic mass is 16.3. The second-order valence-corrected chi connectivity index (χ2v) is 9.42. The zero-order chi connectivity index (χ0) is 21.8. The van der Waals surface area contributed by atoms with E-state index in [4.69, 9.17) is 0 Å². The third-order valence-corrected chi connectivity index (χ3v) is 5.53. The van der Waals surface area contributed by atoms with Gasteiger partial charge in [-0.05, 0) is 26.7 Å². The predicted molar refractivity (Wildman–Crippen MR) is 126 cm³/mol. The molecule has 1 amide bonds.